The highest BCUT2D eigenvalue weighted by Gasteiger charge is 2.14. The minimum atomic E-state index is -0.121. The first-order valence-electron chi connectivity index (χ1n) is 6.82. The van der Waals surface area contributed by atoms with E-state index in [0.717, 1.165) is 17.7 Å². The monoisotopic (exact) mass is 300 g/mol. The SMILES string of the molecule is CCC(Oc1cc(Cl)ccc1C#N)c1cccc(NC)c1. The molecule has 0 bridgehead atoms. The molecule has 0 saturated heterocycles. The van der Waals surface area contributed by atoms with Crippen molar-refractivity contribution in [2.75, 3.05) is 12.4 Å². The minimum Gasteiger partial charge on any atom is -0.484 e. The van der Waals surface area contributed by atoms with Crippen LogP contribution in [0.1, 0.15) is 30.6 Å². The topological polar surface area (TPSA) is 45.0 Å². The quantitative estimate of drug-likeness (QED) is 0.864. The van der Waals surface area contributed by atoms with Gasteiger partial charge in [0.2, 0.25) is 0 Å². The number of halogens is 1. The summed E-state index contributed by atoms with van der Waals surface area (Å²) in [5.41, 5.74) is 2.58. The molecule has 0 amide bonds. The van der Waals surface area contributed by atoms with Gasteiger partial charge in [-0.15, -0.1) is 0 Å². The molecule has 0 heterocycles. The Morgan fingerprint density at radius 3 is 2.76 bits per heavy atom. The molecule has 0 saturated carbocycles. The van der Waals surface area contributed by atoms with E-state index in [1.165, 1.54) is 0 Å². The third-order valence-corrected chi connectivity index (χ3v) is 3.49. The van der Waals surface area contributed by atoms with E-state index in [2.05, 4.69) is 11.4 Å². The summed E-state index contributed by atoms with van der Waals surface area (Å²) in [6, 6.07) is 15.2. The second-order valence-electron chi connectivity index (χ2n) is 4.64. The minimum absolute atomic E-state index is 0.121. The molecule has 1 N–H and O–H groups in total. The van der Waals surface area contributed by atoms with Crippen molar-refractivity contribution in [1.82, 2.24) is 0 Å². The Labute approximate surface area is 130 Å². The van der Waals surface area contributed by atoms with Crippen molar-refractivity contribution in [3.8, 4) is 11.8 Å². The molecule has 2 aromatic carbocycles. The highest BCUT2D eigenvalue weighted by atomic mass is 35.5. The lowest BCUT2D eigenvalue weighted by atomic mass is 10.1. The van der Waals surface area contributed by atoms with Gasteiger partial charge in [-0.1, -0.05) is 30.7 Å². The Kier molecular flexibility index (Phi) is 5.08. The van der Waals surface area contributed by atoms with E-state index in [1.807, 2.05) is 38.2 Å². The smallest absolute Gasteiger partial charge is 0.139 e. The molecule has 1 atom stereocenters. The maximum atomic E-state index is 9.16. The van der Waals surface area contributed by atoms with Gasteiger partial charge in [-0.05, 0) is 36.2 Å². The molecular formula is C17H17ClN2O. The van der Waals surface area contributed by atoms with Crippen LogP contribution in [0.25, 0.3) is 0 Å². The van der Waals surface area contributed by atoms with E-state index in [-0.39, 0.29) is 6.10 Å². The van der Waals surface area contributed by atoms with E-state index in [9.17, 15) is 0 Å². The predicted octanol–water partition coefficient (Wildman–Crippen LogP) is 4.78. The van der Waals surface area contributed by atoms with Gasteiger partial charge < -0.3 is 10.1 Å². The molecule has 0 fully saturated rings. The first-order chi connectivity index (χ1) is 10.2. The number of anilines is 1. The highest BCUT2D eigenvalue weighted by molar-refractivity contribution is 6.30. The standard InChI is InChI=1S/C17H17ClN2O/c1-3-16(12-5-4-6-15(9-12)20-2)21-17-10-14(18)8-7-13(17)11-19/h4-10,16,20H,3H2,1-2H3. The first-order valence-corrected chi connectivity index (χ1v) is 7.19. The number of benzene rings is 2. The second-order valence-corrected chi connectivity index (χ2v) is 5.08. The maximum absolute atomic E-state index is 9.16. The van der Waals surface area contributed by atoms with Crippen LogP contribution in [0.3, 0.4) is 0 Å². The summed E-state index contributed by atoms with van der Waals surface area (Å²) in [5, 5.41) is 12.8. The fourth-order valence-corrected chi connectivity index (χ4v) is 2.28. The molecule has 4 heteroatoms. The van der Waals surface area contributed by atoms with Crippen molar-refractivity contribution in [2.24, 2.45) is 0 Å². The molecule has 108 valence electrons. The zero-order valence-electron chi connectivity index (χ0n) is 12.1. The van der Waals surface area contributed by atoms with Crippen LogP contribution in [-0.2, 0) is 0 Å². The number of hydrogen-bond acceptors (Lipinski definition) is 3. The van der Waals surface area contributed by atoms with Crippen LogP contribution in [0, 0.1) is 11.3 Å². The van der Waals surface area contributed by atoms with E-state index in [4.69, 9.17) is 21.6 Å². The van der Waals surface area contributed by atoms with Gasteiger partial charge in [0.05, 0.1) is 5.56 Å². The molecule has 0 radical (unpaired) electrons. The van der Waals surface area contributed by atoms with Crippen molar-refractivity contribution in [2.45, 2.75) is 19.4 Å². The molecule has 21 heavy (non-hydrogen) atoms. The van der Waals surface area contributed by atoms with Crippen LogP contribution < -0.4 is 10.1 Å². The fraction of sp³-hybridized carbons (Fsp3) is 0.235. The van der Waals surface area contributed by atoms with E-state index in [1.54, 1.807) is 18.2 Å². The van der Waals surface area contributed by atoms with Gasteiger partial charge in [0.15, 0.2) is 0 Å². The average molecular weight is 301 g/mol. The summed E-state index contributed by atoms with van der Waals surface area (Å²) < 4.78 is 6.02. The Hall–Kier alpha value is -2.18. The number of rotatable bonds is 5. The van der Waals surface area contributed by atoms with Crippen LogP contribution in [-0.4, -0.2) is 7.05 Å². The van der Waals surface area contributed by atoms with Crippen LogP contribution in [0.2, 0.25) is 5.02 Å². The van der Waals surface area contributed by atoms with Crippen molar-refractivity contribution in [1.29, 1.82) is 5.26 Å². The third-order valence-electron chi connectivity index (χ3n) is 3.25. The van der Waals surface area contributed by atoms with Gasteiger partial charge in [-0.3, -0.25) is 0 Å². The Balaban J connectivity index is 2.31. The van der Waals surface area contributed by atoms with Gasteiger partial charge >= 0.3 is 0 Å². The van der Waals surface area contributed by atoms with Crippen LogP contribution in [0.4, 0.5) is 5.69 Å². The fourth-order valence-electron chi connectivity index (χ4n) is 2.12. The predicted molar refractivity (Wildman–Crippen MR) is 85.8 cm³/mol. The van der Waals surface area contributed by atoms with Gasteiger partial charge in [-0.2, -0.15) is 5.26 Å². The van der Waals surface area contributed by atoms with Crippen molar-refractivity contribution < 1.29 is 4.74 Å². The molecule has 1 unspecified atom stereocenters. The van der Waals surface area contributed by atoms with Crippen molar-refractivity contribution in [3.63, 3.8) is 0 Å². The lowest BCUT2D eigenvalue weighted by Gasteiger charge is -2.19. The summed E-state index contributed by atoms with van der Waals surface area (Å²) in [5.74, 6) is 0.520. The number of nitriles is 1. The van der Waals surface area contributed by atoms with E-state index >= 15 is 0 Å². The summed E-state index contributed by atoms with van der Waals surface area (Å²) in [4.78, 5) is 0. The molecule has 0 spiro atoms. The van der Waals surface area contributed by atoms with Gasteiger partial charge in [0, 0.05) is 23.8 Å². The lowest BCUT2D eigenvalue weighted by molar-refractivity contribution is 0.201. The molecule has 3 nitrogen and oxygen atoms in total. The molecule has 0 aliphatic heterocycles. The normalized spacial score (nSPS) is 11.5. The van der Waals surface area contributed by atoms with Crippen LogP contribution in [0.15, 0.2) is 42.5 Å². The van der Waals surface area contributed by atoms with Crippen LogP contribution in [0.5, 0.6) is 5.75 Å². The summed E-state index contributed by atoms with van der Waals surface area (Å²) >= 11 is 5.99. The van der Waals surface area contributed by atoms with E-state index < -0.39 is 0 Å². The Bertz CT molecular complexity index is 664. The van der Waals surface area contributed by atoms with Gasteiger partial charge in [-0.25, -0.2) is 0 Å². The first kappa shape index (κ1) is 15.2. The zero-order chi connectivity index (χ0) is 15.2. The molecule has 0 aliphatic rings. The largest absolute Gasteiger partial charge is 0.484 e. The maximum Gasteiger partial charge on any atom is 0.139 e. The van der Waals surface area contributed by atoms with Crippen molar-refractivity contribution >= 4 is 17.3 Å². The second kappa shape index (κ2) is 7.01. The van der Waals surface area contributed by atoms with E-state index in [0.29, 0.717) is 16.3 Å². The molecule has 2 rings (SSSR count). The molecular weight excluding hydrogens is 284 g/mol. The van der Waals surface area contributed by atoms with Gasteiger partial charge in [0.25, 0.3) is 0 Å². The third kappa shape index (κ3) is 3.68. The summed E-state index contributed by atoms with van der Waals surface area (Å²) in [7, 11) is 1.88. The molecule has 2 aromatic rings. The molecule has 0 aromatic heterocycles. The summed E-state index contributed by atoms with van der Waals surface area (Å²) in [6.07, 6.45) is 0.675. The lowest BCUT2D eigenvalue weighted by Crippen LogP contribution is -2.08. The number of nitrogens with one attached hydrogen (secondary N) is 1. The average Bonchev–Trinajstić information content (AvgIpc) is 2.52. The Morgan fingerprint density at radius 2 is 2.10 bits per heavy atom. The number of nitrogens with zero attached hydrogens (tertiary/aromatic N) is 1. The number of hydrogen-bond donors (Lipinski definition) is 1. The zero-order valence-corrected chi connectivity index (χ0v) is 12.8. The van der Waals surface area contributed by atoms with Gasteiger partial charge in [0.1, 0.15) is 17.9 Å². The Morgan fingerprint density at radius 1 is 1.29 bits per heavy atom. The van der Waals surface area contributed by atoms with Crippen LogP contribution >= 0.6 is 11.6 Å². The summed E-state index contributed by atoms with van der Waals surface area (Å²) in [6.45, 7) is 2.05. The highest BCUT2D eigenvalue weighted by Crippen LogP contribution is 2.30. The number of ether oxygens (including phenoxy) is 1. The van der Waals surface area contributed by atoms with Crippen molar-refractivity contribution in [3.05, 3.63) is 58.6 Å². The molecule has 0 aliphatic carbocycles.